The quantitative estimate of drug-likeness (QED) is 0.827. The number of hydrogen-bond donors (Lipinski definition) is 1. The van der Waals surface area contributed by atoms with E-state index in [1.807, 2.05) is 30.3 Å². The molecule has 2 aromatic rings. The maximum Gasteiger partial charge on any atom is 0.160 e. The Balaban J connectivity index is 1.91. The van der Waals surface area contributed by atoms with Crippen LogP contribution in [0.2, 0.25) is 5.02 Å². The molecule has 118 valence electrons. The van der Waals surface area contributed by atoms with Gasteiger partial charge < -0.3 is 14.8 Å². The third kappa shape index (κ3) is 4.39. The molecule has 0 aliphatic carbocycles. The van der Waals surface area contributed by atoms with Gasteiger partial charge in [0.25, 0.3) is 0 Å². The van der Waals surface area contributed by atoms with Crippen molar-refractivity contribution in [1.29, 1.82) is 0 Å². The van der Waals surface area contributed by atoms with Crippen LogP contribution in [0.4, 0.5) is 0 Å². The highest BCUT2D eigenvalue weighted by Gasteiger charge is 2.07. The smallest absolute Gasteiger partial charge is 0.160 e. The molecule has 0 saturated carbocycles. The molecule has 3 nitrogen and oxygen atoms in total. The molecule has 1 atom stereocenters. The highest BCUT2D eigenvalue weighted by atomic mass is 35.5. The van der Waals surface area contributed by atoms with E-state index < -0.39 is 0 Å². The fraction of sp³-hybridized carbons (Fsp3) is 0.333. The Labute approximate surface area is 137 Å². The van der Waals surface area contributed by atoms with E-state index >= 15 is 0 Å². The first-order valence-corrected chi connectivity index (χ1v) is 7.71. The van der Waals surface area contributed by atoms with Gasteiger partial charge in [-0.05, 0) is 55.3 Å². The van der Waals surface area contributed by atoms with E-state index in [0.717, 1.165) is 29.5 Å². The molecule has 4 heteroatoms. The Hall–Kier alpha value is -1.71. The fourth-order valence-corrected chi connectivity index (χ4v) is 2.56. The van der Waals surface area contributed by atoms with Crippen LogP contribution in [-0.2, 0) is 6.42 Å². The summed E-state index contributed by atoms with van der Waals surface area (Å²) in [5.41, 5.74) is 2.41. The van der Waals surface area contributed by atoms with Crippen LogP contribution in [0.1, 0.15) is 24.1 Å². The Morgan fingerprint density at radius 1 is 1.05 bits per heavy atom. The van der Waals surface area contributed by atoms with Gasteiger partial charge in [-0.15, -0.1) is 0 Å². The van der Waals surface area contributed by atoms with Crippen molar-refractivity contribution in [2.75, 3.05) is 20.8 Å². The van der Waals surface area contributed by atoms with Gasteiger partial charge in [0.2, 0.25) is 0 Å². The lowest BCUT2D eigenvalue weighted by Gasteiger charge is -2.15. The second kappa shape index (κ2) is 8.06. The summed E-state index contributed by atoms with van der Waals surface area (Å²) in [6, 6.07) is 14.2. The van der Waals surface area contributed by atoms with Gasteiger partial charge in [-0.3, -0.25) is 0 Å². The number of benzene rings is 2. The summed E-state index contributed by atoms with van der Waals surface area (Å²) < 4.78 is 10.6. The minimum Gasteiger partial charge on any atom is -0.493 e. The second-order valence-corrected chi connectivity index (χ2v) is 5.61. The largest absolute Gasteiger partial charge is 0.493 e. The molecular weight excluding hydrogens is 298 g/mol. The zero-order valence-corrected chi connectivity index (χ0v) is 14.0. The van der Waals surface area contributed by atoms with Gasteiger partial charge >= 0.3 is 0 Å². The van der Waals surface area contributed by atoms with E-state index in [-0.39, 0.29) is 6.04 Å². The Bertz CT molecular complexity index is 616. The van der Waals surface area contributed by atoms with Crippen LogP contribution in [0.25, 0.3) is 0 Å². The zero-order valence-electron chi connectivity index (χ0n) is 13.2. The third-order valence-corrected chi connectivity index (χ3v) is 3.90. The van der Waals surface area contributed by atoms with E-state index in [9.17, 15) is 0 Å². The highest BCUT2D eigenvalue weighted by molar-refractivity contribution is 6.30. The van der Waals surface area contributed by atoms with E-state index in [2.05, 4.69) is 24.4 Å². The molecule has 0 aliphatic heterocycles. The maximum absolute atomic E-state index is 6.03. The third-order valence-electron chi connectivity index (χ3n) is 3.66. The van der Waals surface area contributed by atoms with Gasteiger partial charge in [0.05, 0.1) is 14.2 Å². The summed E-state index contributed by atoms with van der Waals surface area (Å²) in [6.45, 7) is 3.02. The molecule has 0 radical (unpaired) electrons. The predicted molar refractivity (Wildman–Crippen MR) is 91.1 cm³/mol. The summed E-state index contributed by atoms with van der Waals surface area (Å²) in [7, 11) is 3.30. The summed E-state index contributed by atoms with van der Waals surface area (Å²) in [6.07, 6.45) is 0.922. The first kappa shape index (κ1) is 16.7. The molecular formula is C18H22ClNO2. The van der Waals surface area contributed by atoms with E-state index in [0.29, 0.717) is 0 Å². The summed E-state index contributed by atoms with van der Waals surface area (Å²) in [5, 5.41) is 4.28. The summed E-state index contributed by atoms with van der Waals surface area (Å²) in [5.74, 6) is 1.52. The van der Waals surface area contributed by atoms with Gasteiger partial charge in [-0.2, -0.15) is 0 Å². The molecule has 0 aromatic heterocycles. The average Bonchev–Trinajstić information content (AvgIpc) is 2.54. The summed E-state index contributed by atoms with van der Waals surface area (Å²) in [4.78, 5) is 0. The molecule has 0 saturated heterocycles. The number of methoxy groups -OCH3 is 2. The van der Waals surface area contributed by atoms with Gasteiger partial charge in [0.1, 0.15) is 0 Å². The van der Waals surface area contributed by atoms with Crippen LogP contribution in [0.3, 0.4) is 0 Å². The lowest BCUT2D eigenvalue weighted by atomic mass is 10.1. The Morgan fingerprint density at radius 3 is 2.50 bits per heavy atom. The lowest BCUT2D eigenvalue weighted by molar-refractivity contribution is 0.354. The van der Waals surface area contributed by atoms with Gasteiger partial charge in [-0.25, -0.2) is 0 Å². The van der Waals surface area contributed by atoms with Crippen molar-refractivity contribution in [3.8, 4) is 11.5 Å². The van der Waals surface area contributed by atoms with Crippen molar-refractivity contribution in [3.63, 3.8) is 0 Å². The molecule has 0 spiro atoms. The normalized spacial score (nSPS) is 12.0. The Kier molecular flexibility index (Phi) is 6.10. The van der Waals surface area contributed by atoms with Crippen molar-refractivity contribution >= 4 is 11.6 Å². The van der Waals surface area contributed by atoms with Crippen LogP contribution >= 0.6 is 11.6 Å². The number of halogens is 1. The fourth-order valence-electron chi connectivity index (χ4n) is 2.36. The molecule has 0 amide bonds. The SMILES string of the molecule is COc1ccc(CCNC(C)c2cccc(Cl)c2)cc1OC. The van der Waals surface area contributed by atoms with Crippen molar-refractivity contribution in [2.24, 2.45) is 0 Å². The van der Waals surface area contributed by atoms with E-state index in [1.54, 1.807) is 14.2 Å². The van der Waals surface area contributed by atoms with E-state index in [4.69, 9.17) is 21.1 Å². The van der Waals surface area contributed by atoms with Gasteiger partial charge in [0.15, 0.2) is 11.5 Å². The molecule has 22 heavy (non-hydrogen) atoms. The van der Waals surface area contributed by atoms with Crippen LogP contribution in [-0.4, -0.2) is 20.8 Å². The van der Waals surface area contributed by atoms with Crippen molar-refractivity contribution < 1.29 is 9.47 Å². The second-order valence-electron chi connectivity index (χ2n) is 5.17. The minimum absolute atomic E-state index is 0.263. The molecule has 0 bridgehead atoms. The molecule has 1 unspecified atom stereocenters. The molecule has 2 aromatic carbocycles. The number of hydrogen-bond acceptors (Lipinski definition) is 3. The van der Waals surface area contributed by atoms with Crippen LogP contribution in [0.15, 0.2) is 42.5 Å². The first-order chi connectivity index (χ1) is 10.6. The number of nitrogens with one attached hydrogen (secondary N) is 1. The molecule has 0 heterocycles. The lowest BCUT2D eigenvalue weighted by Crippen LogP contribution is -2.21. The van der Waals surface area contributed by atoms with Crippen LogP contribution in [0, 0.1) is 0 Å². The molecule has 0 aliphatic rings. The van der Waals surface area contributed by atoms with Gasteiger partial charge in [0, 0.05) is 11.1 Å². The average molecular weight is 320 g/mol. The number of ether oxygens (including phenoxy) is 2. The Morgan fingerprint density at radius 2 is 1.82 bits per heavy atom. The maximum atomic E-state index is 6.03. The molecule has 1 N–H and O–H groups in total. The van der Waals surface area contributed by atoms with Crippen molar-refractivity contribution in [1.82, 2.24) is 5.32 Å². The summed E-state index contributed by atoms with van der Waals surface area (Å²) >= 11 is 6.03. The monoisotopic (exact) mass is 319 g/mol. The van der Waals surface area contributed by atoms with Crippen LogP contribution in [0.5, 0.6) is 11.5 Å². The number of rotatable bonds is 7. The van der Waals surface area contributed by atoms with Crippen LogP contribution < -0.4 is 14.8 Å². The van der Waals surface area contributed by atoms with Gasteiger partial charge in [-0.1, -0.05) is 29.8 Å². The van der Waals surface area contributed by atoms with Crippen molar-refractivity contribution in [2.45, 2.75) is 19.4 Å². The standard InChI is InChI=1S/C18H22ClNO2/c1-13(15-5-4-6-16(19)12-15)20-10-9-14-7-8-17(21-2)18(11-14)22-3/h4-8,11-13,20H,9-10H2,1-3H3. The van der Waals surface area contributed by atoms with Crippen molar-refractivity contribution in [3.05, 3.63) is 58.6 Å². The zero-order chi connectivity index (χ0) is 15.9. The minimum atomic E-state index is 0.263. The molecule has 2 rings (SSSR count). The topological polar surface area (TPSA) is 30.5 Å². The first-order valence-electron chi connectivity index (χ1n) is 7.33. The van der Waals surface area contributed by atoms with E-state index in [1.165, 1.54) is 11.1 Å². The molecule has 0 fully saturated rings. The highest BCUT2D eigenvalue weighted by Crippen LogP contribution is 2.27. The predicted octanol–water partition coefficient (Wildman–Crippen LogP) is 4.25.